The van der Waals surface area contributed by atoms with Crippen molar-refractivity contribution in [2.24, 2.45) is 0 Å². The van der Waals surface area contributed by atoms with Gasteiger partial charge in [-0.3, -0.25) is 4.79 Å². The predicted octanol–water partition coefficient (Wildman–Crippen LogP) is 3.76. The highest BCUT2D eigenvalue weighted by Crippen LogP contribution is 2.33. The number of nitrogens with one attached hydrogen (secondary N) is 1. The number of nitrogens with zero attached hydrogens (tertiary/aromatic N) is 2. The van der Waals surface area contributed by atoms with E-state index in [1.807, 2.05) is 6.07 Å². The average Bonchev–Trinajstić information content (AvgIpc) is 3.41. The molecule has 0 spiro atoms. The zero-order valence-electron chi connectivity index (χ0n) is 15.7. The van der Waals surface area contributed by atoms with Gasteiger partial charge in [-0.25, -0.2) is 0 Å². The van der Waals surface area contributed by atoms with Crippen LogP contribution in [0.3, 0.4) is 0 Å². The molecule has 2 aliphatic heterocycles. The first-order chi connectivity index (χ1) is 13.3. The lowest BCUT2D eigenvalue weighted by Gasteiger charge is -2.31. The molecule has 3 heterocycles. The van der Waals surface area contributed by atoms with Gasteiger partial charge in [-0.1, -0.05) is 6.07 Å². The molecule has 0 atom stereocenters. The number of benzene rings is 1. The van der Waals surface area contributed by atoms with Gasteiger partial charge in [0.1, 0.15) is 0 Å². The normalized spacial score (nSPS) is 17.3. The molecule has 27 heavy (non-hydrogen) atoms. The molecule has 6 heteroatoms. The summed E-state index contributed by atoms with van der Waals surface area (Å²) in [7, 11) is 0. The number of hydrogen-bond donors (Lipinski definition) is 1. The minimum Gasteiger partial charge on any atom is -0.378 e. The third-order valence-electron chi connectivity index (χ3n) is 5.26. The summed E-state index contributed by atoms with van der Waals surface area (Å²) in [6.45, 7) is 5.40. The molecule has 1 amide bonds. The molecular formula is C21H27N3O2S. The Balaban J connectivity index is 1.51. The monoisotopic (exact) mass is 385 g/mol. The van der Waals surface area contributed by atoms with E-state index in [-0.39, 0.29) is 5.91 Å². The maximum atomic E-state index is 12.6. The highest BCUT2D eigenvalue weighted by atomic mass is 32.1. The summed E-state index contributed by atoms with van der Waals surface area (Å²) in [6.07, 6.45) is 3.79. The van der Waals surface area contributed by atoms with E-state index in [1.54, 1.807) is 11.3 Å². The molecule has 0 unspecified atom stereocenters. The van der Waals surface area contributed by atoms with Crippen molar-refractivity contribution < 1.29 is 9.53 Å². The van der Waals surface area contributed by atoms with E-state index < -0.39 is 0 Å². The van der Waals surface area contributed by atoms with Crippen LogP contribution in [0.4, 0.5) is 17.1 Å². The molecule has 1 N–H and O–H groups in total. The van der Waals surface area contributed by atoms with E-state index in [2.05, 4.69) is 44.8 Å². The molecule has 1 aromatic heterocycles. The molecule has 2 aromatic rings. The van der Waals surface area contributed by atoms with Gasteiger partial charge >= 0.3 is 0 Å². The Morgan fingerprint density at radius 1 is 1.07 bits per heavy atom. The lowest BCUT2D eigenvalue weighted by atomic mass is 10.1. The molecular weight excluding hydrogens is 358 g/mol. The molecule has 2 fully saturated rings. The minimum atomic E-state index is 0.0801. The van der Waals surface area contributed by atoms with Crippen molar-refractivity contribution in [1.82, 2.24) is 0 Å². The van der Waals surface area contributed by atoms with Gasteiger partial charge in [0.2, 0.25) is 5.91 Å². The summed E-state index contributed by atoms with van der Waals surface area (Å²) < 4.78 is 5.49. The predicted molar refractivity (Wildman–Crippen MR) is 112 cm³/mol. The molecule has 0 saturated carbocycles. The van der Waals surface area contributed by atoms with E-state index in [1.165, 1.54) is 23.4 Å². The molecule has 144 valence electrons. The van der Waals surface area contributed by atoms with E-state index in [0.717, 1.165) is 57.2 Å². The van der Waals surface area contributed by atoms with Crippen molar-refractivity contribution in [2.75, 3.05) is 54.5 Å². The largest absolute Gasteiger partial charge is 0.378 e. The quantitative estimate of drug-likeness (QED) is 0.822. The van der Waals surface area contributed by atoms with Gasteiger partial charge in [-0.2, -0.15) is 0 Å². The van der Waals surface area contributed by atoms with Crippen LogP contribution in [0.5, 0.6) is 0 Å². The van der Waals surface area contributed by atoms with Gasteiger partial charge in [0.25, 0.3) is 0 Å². The van der Waals surface area contributed by atoms with Crippen LogP contribution in [0, 0.1) is 0 Å². The van der Waals surface area contributed by atoms with Crippen LogP contribution < -0.4 is 15.1 Å². The molecule has 5 nitrogen and oxygen atoms in total. The zero-order valence-corrected chi connectivity index (χ0v) is 16.5. The number of aryl methyl sites for hydroxylation is 1. The van der Waals surface area contributed by atoms with Crippen LogP contribution >= 0.6 is 11.3 Å². The van der Waals surface area contributed by atoms with Crippen LogP contribution in [-0.2, 0) is 16.0 Å². The number of rotatable bonds is 6. The number of carbonyl (C=O) groups excluding carboxylic acids is 1. The third-order valence-corrected chi connectivity index (χ3v) is 6.19. The maximum absolute atomic E-state index is 12.6. The number of thiophene rings is 1. The Labute approximate surface area is 164 Å². The van der Waals surface area contributed by atoms with Crippen LogP contribution in [0.25, 0.3) is 0 Å². The molecule has 4 rings (SSSR count). The fourth-order valence-electron chi connectivity index (χ4n) is 3.78. The lowest BCUT2D eigenvalue weighted by molar-refractivity contribution is -0.116. The van der Waals surface area contributed by atoms with Gasteiger partial charge in [0, 0.05) is 43.2 Å². The van der Waals surface area contributed by atoms with Crippen LogP contribution in [0.1, 0.15) is 24.1 Å². The summed E-state index contributed by atoms with van der Waals surface area (Å²) >= 11 is 1.71. The summed E-state index contributed by atoms with van der Waals surface area (Å²) in [4.78, 5) is 18.6. The van der Waals surface area contributed by atoms with Crippen molar-refractivity contribution in [3.63, 3.8) is 0 Å². The molecule has 0 aliphatic carbocycles. The number of morpholine rings is 1. The lowest BCUT2D eigenvalue weighted by Crippen LogP contribution is -2.36. The first-order valence-electron chi connectivity index (χ1n) is 9.83. The van der Waals surface area contributed by atoms with Gasteiger partial charge in [-0.05, 0) is 48.9 Å². The van der Waals surface area contributed by atoms with Crippen LogP contribution in [0.2, 0.25) is 0 Å². The van der Waals surface area contributed by atoms with E-state index in [0.29, 0.717) is 6.42 Å². The first kappa shape index (κ1) is 18.3. The van der Waals surface area contributed by atoms with Crippen LogP contribution in [0.15, 0.2) is 35.7 Å². The Morgan fingerprint density at radius 2 is 1.89 bits per heavy atom. The molecule has 0 bridgehead atoms. The van der Waals surface area contributed by atoms with Crippen LogP contribution in [-0.4, -0.2) is 45.3 Å². The van der Waals surface area contributed by atoms with Gasteiger partial charge in [-0.15, -0.1) is 11.3 Å². The molecule has 0 radical (unpaired) electrons. The topological polar surface area (TPSA) is 44.8 Å². The Bertz CT molecular complexity index is 751. The second-order valence-corrected chi connectivity index (χ2v) is 8.15. The van der Waals surface area contributed by atoms with Crippen molar-refractivity contribution in [3.05, 3.63) is 40.6 Å². The summed E-state index contributed by atoms with van der Waals surface area (Å²) in [5, 5.41) is 5.25. The van der Waals surface area contributed by atoms with Gasteiger partial charge in [0.15, 0.2) is 0 Å². The van der Waals surface area contributed by atoms with Crippen molar-refractivity contribution in [1.29, 1.82) is 0 Å². The SMILES string of the molecule is O=C(CCc1cccs1)Nc1cc(N2CCCC2)ccc1N1CCOCC1. The highest BCUT2D eigenvalue weighted by Gasteiger charge is 2.19. The minimum absolute atomic E-state index is 0.0801. The Kier molecular flexibility index (Phi) is 5.94. The second-order valence-electron chi connectivity index (χ2n) is 7.12. The zero-order chi connectivity index (χ0) is 18.5. The standard InChI is InChI=1S/C21H27N3O2S/c25-21(8-6-18-4-3-15-27-18)22-19-16-17(23-9-1-2-10-23)5-7-20(19)24-11-13-26-14-12-24/h3-5,7,15-16H,1-2,6,8-14H2,(H,22,25). The fraction of sp³-hybridized carbons (Fsp3) is 0.476. The number of carbonyl (C=O) groups is 1. The van der Waals surface area contributed by atoms with Crippen molar-refractivity contribution in [3.8, 4) is 0 Å². The van der Waals surface area contributed by atoms with Crippen molar-refractivity contribution >= 4 is 34.3 Å². The highest BCUT2D eigenvalue weighted by molar-refractivity contribution is 7.09. The Morgan fingerprint density at radius 3 is 2.63 bits per heavy atom. The fourth-order valence-corrected chi connectivity index (χ4v) is 4.49. The average molecular weight is 386 g/mol. The smallest absolute Gasteiger partial charge is 0.224 e. The second kappa shape index (κ2) is 8.76. The molecule has 2 aliphatic rings. The maximum Gasteiger partial charge on any atom is 0.224 e. The number of amides is 1. The summed E-state index contributed by atoms with van der Waals surface area (Å²) in [6, 6.07) is 10.6. The first-order valence-corrected chi connectivity index (χ1v) is 10.7. The number of ether oxygens (including phenoxy) is 1. The van der Waals surface area contributed by atoms with Crippen molar-refractivity contribution in [2.45, 2.75) is 25.7 Å². The summed E-state index contributed by atoms with van der Waals surface area (Å²) in [5.74, 6) is 0.0801. The van der Waals surface area contributed by atoms with Gasteiger partial charge < -0.3 is 19.9 Å². The van der Waals surface area contributed by atoms with E-state index in [9.17, 15) is 4.79 Å². The van der Waals surface area contributed by atoms with Gasteiger partial charge in [0.05, 0.1) is 24.6 Å². The Hall–Kier alpha value is -2.05. The van der Waals surface area contributed by atoms with E-state index in [4.69, 9.17) is 4.74 Å². The molecule has 1 aromatic carbocycles. The number of hydrogen-bond acceptors (Lipinski definition) is 5. The third kappa shape index (κ3) is 4.62. The van der Waals surface area contributed by atoms with E-state index >= 15 is 0 Å². The molecule has 2 saturated heterocycles. The summed E-state index contributed by atoms with van der Waals surface area (Å²) in [5.41, 5.74) is 3.24. The number of anilines is 3.